The molecule has 0 unspecified atom stereocenters. The van der Waals surface area contributed by atoms with Crippen molar-refractivity contribution in [1.29, 1.82) is 0 Å². The molecule has 0 saturated heterocycles. The van der Waals surface area contributed by atoms with Crippen molar-refractivity contribution in [2.45, 2.75) is 6.92 Å². The minimum Gasteiger partial charge on any atom is -0.364 e. The van der Waals surface area contributed by atoms with Gasteiger partial charge in [0, 0.05) is 10.6 Å². The van der Waals surface area contributed by atoms with Gasteiger partial charge in [0.05, 0.1) is 5.69 Å². The highest BCUT2D eigenvalue weighted by molar-refractivity contribution is 6.31. The zero-order valence-corrected chi connectivity index (χ0v) is 9.38. The number of carbonyl (C=O) groups is 1. The van der Waals surface area contributed by atoms with Crippen LogP contribution in [0.25, 0.3) is 11.3 Å². The van der Waals surface area contributed by atoms with Gasteiger partial charge in [-0.15, -0.1) is 0 Å². The van der Waals surface area contributed by atoms with Crippen LogP contribution >= 0.6 is 11.6 Å². The number of nitrogens with zero attached hydrogens (tertiary/aromatic N) is 1. The lowest BCUT2D eigenvalue weighted by molar-refractivity contribution is 0.0995. The Hall–Kier alpha value is -1.81. The summed E-state index contributed by atoms with van der Waals surface area (Å²) in [4.78, 5) is 10.9. The summed E-state index contributed by atoms with van der Waals surface area (Å²) in [7, 11) is 0. The Bertz CT molecular complexity index is 548. The van der Waals surface area contributed by atoms with Crippen LogP contribution in [0.1, 0.15) is 16.1 Å². The van der Waals surface area contributed by atoms with E-state index in [2.05, 4.69) is 10.2 Å². The number of aromatic amines is 1. The number of aryl methyl sites for hydroxylation is 1. The van der Waals surface area contributed by atoms with E-state index in [0.717, 1.165) is 11.1 Å². The normalized spacial score (nSPS) is 10.4. The number of H-pyrrole nitrogens is 1. The maximum Gasteiger partial charge on any atom is 0.266 e. The van der Waals surface area contributed by atoms with Gasteiger partial charge >= 0.3 is 0 Å². The van der Waals surface area contributed by atoms with Crippen molar-refractivity contribution < 1.29 is 4.79 Å². The van der Waals surface area contributed by atoms with Crippen molar-refractivity contribution in [3.63, 3.8) is 0 Å². The molecule has 0 aliphatic carbocycles. The molecule has 0 aliphatic heterocycles. The highest BCUT2D eigenvalue weighted by atomic mass is 35.5. The summed E-state index contributed by atoms with van der Waals surface area (Å²) in [5.74, 6) is -0.524. The molecule has 0 fully saturated rings. The quantitative estimate of drug-likeness (QED) is 0.837. The average Bonchev–Trinajstić information content (AvgIpc) is 2.71. The number of nitrogens with two attached hydrogens (primary N) is 1. The number of rotatable bonds is 2. The first-order valence-electron chi connectivity index (χ1n) is 4.69. The first kappa shape index (κ1) is 10.7. The molecule has 0 aliphatic rings. The summed E-state index contributed by atoms with van der Waals surface area (Å²) in [6, 6.07) is 7.16. The Kier molecular flexibility index (Phi) is 2.66. The molecule has 1 heterocycles. The minimum absolute atomic E-state index is 0.294. The molecular weight excluding hydrogens is 226 g/mol. The fraction of sp³-hybridized carbons (Fsp3) is 0.0909. The first-order valence-corrected chi connectivity index (χ1v) is 5.07. The third-order valence-electron chi connectivity index (χ3n) is 2.30. The number of primary amides is 1. The van der Waals surface area contributed by atoms with Crippen molar-refractivity contribution in [1.82, 2.24) is 10.2 Å². The van der Waals surface area contributed by atoms with Crippen LogP contribution in [0, 0.1) is 6.92 Å². The van der Waals surface area contributed by atoms with Crippen molar-refractivity contribution in [2.75, 3.05) is 0 Å². The molecular formula is C11H10ClN3O. The topological polar surface area (TPSA) is 71.8 Å². The fourth-order valence-electron chi connectivity index (χ4n) is 1.40. The Morgan fingerprint density at radius 3 is 2.75 bits per heavy atom. The van der Waals surface area contributed by atoms with Gasteiger partial charge < -0.3 is 5.73 Å². The van der Waals surface area contributed by atoms with Gasteiger partial charge in [-0.1, -0.05) is 17.7 Å². The van der Waals surface area contributed by atoms with Crippen LogP contribution in [-0.4, -0.2) is 16.1 Å². The van der Waals surface area contributed by atoms with E-state index in [9.17, 15) is 4.79 Å². The zero-order valence-electron chi connectivity index (χ0n) is 8.62. The predicted molar refractivity (Wildman–Crippen MR) is 62.3 cm³/mol. The third-order valence-corrected chi connectivity index (χ3v) is 2.72. The lowest BCUT2D eigenvalue weighted by Gasteiger charge is -2.00. The van der Waals surface area contributed by atoms with Crippen LogP contribution in [0.2, 0.25) is 5.02 Å². The summed E-state index contributed by atoms with van der Waals surface area (Å²) in [6.45, 7) is 1.91. The van der Waals surface area contributed by atoms with E-state index in [-0.39, 0.29) is 0 Å². The molecule has 5 heteroatoms. The molecule has 4 nitrogen and oxygen atoms in total. The standard InChI is InChI=1S/C11H10ClN3O/c1-6-4-7(2-3-8(6)12)9-5-10(11(13)16)15-14-9/h2-5H,1H3,(H2,13,16)(H,14,15). The monoisotopic (exact) mass is 235 g/mol. The number of aromatic nitrogens is 2. The number of benzene rings is 1. The van der Waals surface area contributed by atoms with E-state index < -0.39 is 5.91 Å². The fourth-order valence-corrected chi connectivity index (χ4v) is 1.52. The average molecular weight is 236 g/mol. The minimum atomic E-state index is -0.524. The SMILES string of the molecule is Cc1cc(-c2cc(C(N)=O)[nH]n2)ccc1Cl. The number of hydrogen-bond donors (Lipinski definition) is 2. The highest BCUT2D eigenvalue weighted by Gasteiger charge is 2.08. The maximum atomic E-state index is 10.9. The largest absolute Gasteiger partial charge is 0.364 e. The van der Waals surface area contributed by atoms with Crippen LogP contribution in [0.15, 0.2) is 24.3 Å². The van der Waals surface area contributed by atoms with Crippen LogP contribution in [0.3, 0.4) is 0 Å². The van der Waals surface area contributed by atoms with Crippen molar-refractivity contribution >= 4 is 17.5 Å². The molecule has 0 radical (unpaired) electrons. The molecule has 1 aromatic carbocycles. The molecule has 0 spiro atoms. The van der Waals surface area contributed by atoms with Gasteiger partial charge in [0.25, 0.3) is 5.91 Å². The van der Waals surface area contributed by atoms with E-state index in [1.807, 2.05) is 19.1 Å². The summed E-state index contributed by atoms with van der Waals surface area (Å²) in [6.07, 6.45) is 0. The zero-order chi connectivity index (χ0) is 11.7. The highest BCUT2D eigenvalue weighted by Crippen LogP contribution is 2.23. The molecule has 16 heavy (non-hydrogen) atoms. The predicted octanol–water partition coefficient (Wildman–Crippen LogP) is 2.14. The number of nitrogens with one attached hydrogen (secondary N) is 1. The Morgan fingerprint density at radius 2 is 2.19 bits per heavy atom. The van der Waals surface area contributed by atoms with E-state index >= 15 is 0 Å². The lowest BCUT2D eigenvalue weighted by atomic mass is 10.1. The molecule has 2 rings (SSSR count). The molecule has 3 N–H and O–H groups in total. The van der Waals surface area contributed by atoms with Gasteiger partial charge in [-0.25, -0.2) is 0 Å². The molecule has 2 aromatic rings. The second kappa shape index (κ2) is 3.98. The van der Waals surface area contributed by atoms with Gasteiger partial charge in [0.2, 0.25) is 0 Å². The van der Waals surface area contributed by atoms with Gasteiger partial charge in [-0.2, -0.15) is 5.10 Å². The van der Waals surface area contributed by atoms with Crippen molar-refractivity contribution in [2.24, 2.45) is 5.73 Å². The van der Waals surface area contributed by atoms with Gasteiger partial charge in [0.1, 0.15) is 5.69 Å². The van der Waals surface area contributed by atoms with Crippen LogP contribution in [0.5, 0.6) is 0 Å². The molecule has 82 valence electrons. The maximum absolute atomic E-state index is 10.9. The first-order chi connectivity index (χ1) is 7.58. The third kappa shape index (κ3) is 1.92. The van der Waals surface area contributed by atoms with Gasteiger partial charge in [-0.3, -0.25) is 9.89 Å². The van der Waals surface area contributed by atoms with Crippen LogP contribution in [-0.2, 0) is 0 Å². The van der Waals surface area contributed by atoms with Crippen molar-refractivity contribution in [3.05, 3.63) is 40.5 Å². The van der Waals surface area contributed by atoms with Crippen LogP contribution in [0.4, 0.5) is 0 Å². The molecule has 0 atom stereocenters. The summed E-state index contributed by atoms with van der Waals surface area (Å²) in [5, 5.41) is 7.29. The molecule has 0 bridgehead atoms. The van der Waals surface area contributed by atoms with E-state index in [1.165, 1.54) is 0 Å². The number of halogens is 1. The van der Waals surface area contributed by atoms with E-state index in [1.54, 1.807) is 12.1 Å². The van der Waals surface area contributed by atoms with Gasteiger partial charge in [-0.05, 0) is 30.7 Å². The van der Waals surface area contributed by atoms with Crippen molar-refractivity contribution in [3.8, 4) is 11.3 Å². The Morgan fingerprint density at radius 1 is 1.44 bits per heavy atom. The lowest BCUT2D eigenvalue weighted by Crippen LogP contribution is -2.10. The number of amides is 1. The smallest absolute Gasteiger partial charge is 0.266 e. The second-order valence-corrected chi connectivity index (χ2v) is 3.90. The molecule has 1 amide bonds. The van der Waals surface area contributed by atoms with E-state index in [0.29, 0.717) is 16.4 Å². The Balaban J connectivity index is 2.42. The summed E-state index contributed by atoms with van der Waals surface area (Å²) in [5.41, 5.74) is 7.95. The summed E-state index contributed by atoms with van der Waals surface area (Å²) >= 11 is 5.92. The number of hydrogen-bond acceptors (Lipinski definition) is 2. The van der Waals surface area contributed by atoms with E-state index in [4.69, 9.17) is 17.3 Å². The molecule has 1 aromatic heterocycles. The van der Waals surface area contributed by atoms with Gasteiger partial charge in [0.15, 0.2) is 0 Å². The summed E-state index contributed by atoms with van der Waals surface area (Å²) < 4.78 is 0. The Labute approximate surface area is 97.4 Å². The second-order valence-electron chi connectivity index (χ2n) is 3.50. The van der Waals surface area contributed by atoms with Crippen LogP contribution < -0.4 is 5.73 Å². The molecule has 0 saturated carbocycles. The number of carbonyl (C=O) groups excluding carboxylic acids is 1.